The molecule has 1 heterocycles. The van der Waals surface area contributed by atoms with Crippen LogP contribution in [0.3, 0.4) is 0 Å². The Morgan fingerprint density at radius 2 is 2.24 bits per heavy atom. The second-order valence-electron chi connectivity index (χ2n) is 5.64. The molecule has 0 aliphatic heterocycles. The standard InChI is InChI=1S/C13H22N2S2/c1-13(2,3)16-8-11-15-12-9(7-14)5-4-6-10(12)17-11/h9H,4-8,14H2,1-3H3. The number of thiazole rings is 1. The molecule has 0 fully saturated rings. The van der Waals surface area contributed by atoms with Gasteiger partial charge in [0.2, 0.25) is 0 Å². The van der Waals surface area contributed by atoms with Gasteiger partial charge in [0.1, 0.15) is 5.01 Å². The monoisotopic (exact) mass is 270 g/mol. The molecule has 17 heavy (non-hydrogen) atoms. The van der Waals surface area contributed by atoms with Crippen LogP contribution in [-0.4, -0.2) is 16.3 Å². The first-order valence-electron chi connectivity index (χ1n) is 6.32. The SMILES string of the molecule is CC(C)(C)SCc1nc2c(s1)CCCC2CN. The van der Waals surface area contributed by atoms with Crippen LogP contribution in [0.2, 0.25) is 0 Å². The van der Waals surface area contributed by atoms with Gasteiger partial charge in [0, 0.05) is 27.8 Å². The summed E-state index contributed by atoms with van der Waals surface area (Å²) in [6.07, 6.45) is 3.71. The van der Waals surface area contributed by atoms with Crippen molar-refractivity contribution in [2.45, 2.75) is 56.5 Å². The number of hydrogen-bond donors (Lipinski definition) is 1. The van der Waals surface area contributed by atoms with Crippen LogP contribution in [0.15, 0.2) is 0 Å². The maximum Gasteiger partial charge on any atom is 0.103 e. The van der Waals surface area contributed by atoms with E-state index in [0.717, 1.165) is 12.3 Å². The second kappa shape index (κ2) is 5.29. The van der Waals surface area contributed by atoms with Gasteiger partial charge in [-0.1, -0.05) is 20.8 Å². The van der Waals surface area contributed by atoms with Gasteiger partial charge in [-0.15, -0.1) is 23.1 Å². The van der Waals surface area contributed by atoms with Gasteiger partial charge in [-0.25, -0.2) is 4.98 Å². The lowest BCUT2D eigenvalue weighted by atomic mass is 9.91. The number of thioether (sulfide) groups is 1. The van der Waals surface area contributed by atoms with Crippen molar-refractivity contribution in [1.82, 2.24) is 4.98 Å². The molecule has 1 atom stereocenters. The predicted molar refractivity (Wildman–Crippen MR) is 77.9 cm³/mol. The molecular weight excluding hydrogens is 248 g/mol. The van der Waals surface area contributed by atoms with Crippen molar-refractivity contribution in [3.05, 3.63) is 15.6 Å². The minimum atomic E-state index is 0.319. The Hall–Kier alpha value is -0.0600. The van der Waals surface area contributed by atoms with Gasteiger partial charge in [0.05, 0.1) is 5.69 Å². The van der Waals surface area contributed by atoms with E-state index in [0.29, 0.717) is 10.7 Å². The quantitative estimate of drug-likeness (QED) is 0.913. The second-order valence-corrected chi connectivity index (χ2v) is 8.61. The van der Waals surface area contributed by atoms with Gasteiger partial charge in [0.25, 0.3) is 0 Å². The normalized spacial score (nSPS) is 20.4. The van der Waals surface area contributed by atoms with Crippen LogP contribution in [0.1, 0.15) is 55.1 Å². The molecular formula is C13H22N2S2. The summed E-state index contributed by atoms with van der Waals surface area (Å²) in [6.45, 7) is 7.53. The molecule has 1 unspecified atom stereocenters. The molecule has 1 aromatic rings. The Morgan fingerprint density at radius 3 is 2.88 bits per heavy atom. The Kier molecular flexibility index (Phi) is 4.16. The summed E-state index contributed by atoms with van der Waals surface area (Å²) in [5.41, 5.74) is 7.14. The molecule has 1 aromatic heterocycles. The minimum absolute atomic E-state index is 0.319. The van der Waals surface area contributed by atoms with Crippen LogP contribution in [0.4, 0.5) is 0 Å². The number of nitrogens with two attached hydrogens (primary N) is 1. The molecule has 0 bridgehead atoms. The summed E-state index contributed by atoms with van der Waals surface area (Å²) in [5.74, 6) is 1.56. The Balaban J connectivity index is 2.08. The third kappa shape index (κ3) is 3.46. The fourth-order valence-electron chi connectivity index (χ4n) is 2.13. The van der Waals surface area contributed by atoms with Crippen molar-refractivity contribution in [1.29, 1.82) is 0 Å². The fraction of sp³-hybridized carbons (Fsp3) is 0.769. The third-order valence-corrected chi connectivity index (χ3v) is 5.63. The summed E-state index contributed by atoms with van der Waals surface area (Å²) >= 11 is 3.88. The molecule has 2 N–H and O–H groups in total. The molecule has 96 valence electrons. The molecule has 0 spiro atoms. The molecule has 0 amide bonds. The average molecular weight is 270 g/mol. The largest absolute Gasteiger partial charge is 0.330 e. The summed E-state index contributed by atoms with van der Waals surface area (Å²) in [5, 5.41) is 1.29. The zero-order valence-electron chi connectivity index (χ0n) is 11.0. The van der Waals surface area contributed by atoms with Crippen molar-refractivity contribution in [3.8, 4) is 0 Å². The van der Waals surface area contributed by atoms with E-state index >= 15 is 0 Å². The Bertz CT molecular complexity index is 379. The highest BCUT2D eigenvalue weighted by molar-refractivity contribution is 7.99. The summed E-state index contributed by atoms with van der Waals surface area (Å²) < 4.78 is 0.319. The maximum absolute atomic E-state index is 5.83. The van der Waals surface area contributed by atoms with E-state index in [1.807, 2.05) is 23.1 Å². The van der Waals surface area contributed by atoms with Crippen LogP contribution in [0.5, 0.6) is 0 Å². The zero-order valence-corrected chi connectivity index (χ0v) is 12.6. The van der Waals surface area contributed by atoms with Crippen molar-refractivity contribution in [3.63, 3.8) is 0 Å². The zero-order chi connectivity index (χ0) is 12.5. The van der Waals surface area contributed by atoms with Crippen molar-refractivity contribution in [2.24, 2.45) is 5.73 Å². The van der Waals surface area contributed by atoms with E-state index in [2.05, 4.69) is 20.8 Å². The van der Waals surface area contributed by atoms with Crippen LogP contribution in [0.25, 0.3) is 0 Å². The average Bonchev–Trinajstić information content (AvgIpc) is 2.67. The van der Waals surface area contributed by atoms with Crippen molar-refractivity contribution in [2.75, 3.05) is 6.54 Å². The minimum Gasteiger partial charge on any atom is -0.330 e. The van der Waals surface area contributed by atoms with E-state index in [1.165, 1.54) is 34.8 Å². The summed E-state index contributed by atoms with van der Waals surface area (Å²) in [7, 11) is 0. The highest BCUT2D eigenvalue weighted by atomic mass is 32.2. The molecule has 4 heteroatoms. The Morgan fingerprint density at radius 1 is 1.47 bits per heavy atom. The lowest BCUT2D eigenvalue weighted by molar-refractivity contribution is 0.553. The highest BCUT2D eigenvalue weighted by Crippen LogP contribution is 2.36. The van der Waals surface area contributed by atoms with Gasteiger partial charge in [-0.3, -0.25) is 0 Å². The topological polar surface area (TPSA) is 38.9 Å². The molecule has 2 nitrogen and oxygen atoms in total. The number of rotatable bonds is 3. The number of hydrogen-bond acceptors (Lipinski definition) is 4. The smallest absolute Gasteiger partial charge is 0.103 e. The molecule has 2 rings (SSSR count). The molecule has 1 aliphatic carbocycles. The van der Waals surface area contributed by atoms with Crippen LogP contribution in [0, 0.1) is 0 Å². The van der Waals surface area contributed by atoms with Crippen LogP contribution >= 0.6 is 23.1 Å². The van der Waals surface area contributed by atoms with Crippen molar-refractivity contribution >= 4 is 23.1 Å². The summed E-state index contributed by atoms with van der Waals surface area (Å²) in [6, 6.07) is 0. The lowest BCUT2D eigenvalue weighted by Gasteiger charge is -2.18. The number of fused-ring (bicyclic) bond motifs is 1. The van der Waals surface area contributed by atoms with E-state index < -0.39 is 0 Å². The van der Waals surface area contributed by atoms with E-state index in [1.54, 1.807) is 0 Å². The number of aryl methyl sites for hydroxylation is 1. The van der Waals surface area contributed by atoms with E-state index in [4.69, 9.17) is 10.7 Å². The van der Waals surface area contributed by atoms with Gasteiger partial charge < -0.3 is 5.73 Å². The predicted octanol–water partition coefficient (Wildman–Crippen LogP) is 3.55. The van der Waals surface area contributed by atoms with Crippen LogP contribution in [-0.2, 0) is 12.2 Å². The van der Waals surface area contributed by atoms with Gasteiger partial charge in [-0.2, -0.15) is 0 Å². The molecule has 0 aromatic carbocycles. The first-order valence-corrected chi connectivity index (χ1v) is 8.12. The van der Waals surface area contributed by atoms with Gasteiger partial charge in [-0.05, 0) is 19.3 Å². The van der Waals surface area contributed by atoms with E-state index in [9.17, 15) is 0 Å². The van der Waals surface area contributed by atoms with Crippen molar-refractivity contribution < 1.29 is 0 Å². The van der Waals surface area contributed by atoms with Gasteiger partial charge in [0.15, 0.2) is 0 Å². The third-order valence-electron chi connectivity index (χ3n) is 3.03. The fourth-order valence-corrected chi connectivity index (χ4v) is 4.15. The number of aromatic nitrogens is 1. The first kappa shape index (κ1) is 13.4. The maximum atomic E-state index is 5.83. The molecule has 0 radical (unpaired) electrons. The highest BCUT2D eigenvalue weighted by Gasteiger charge is 2.24. The van der Waals surface area contributed by atoms with E-state index in [-0.39, 0.29) is 0 Å². The molecule has 0 saturated carbocycles. The van der Waals surface area contributed by atoms with Gasteiger partial charge >= 0.3 is 0 Å². The molecule has 1 aliphatic rings. The first-order chi connectivity index (χ1) is 7.99. The summed E-state index contributed by atoms with van der Waals surface area (Å²) in [4.78, 5) is 6.32. The number of nitrogens with zero attached hydrogens (tertiary/aromatic N) is 1. The van der Waals surface area contributed by atoms with Crippen LogP contribution < -0.4 is 5.73 Å². The Labute approximate surface area is 112 Å². The molecule has 0 saturated heterocycles. The lowest BCUT2D eigenvalue weighted by Crippen LogP contribution is -2.17.